The van der Waals surface area contributed by atoms with Crippen LogP contribution in [0.1, 0.15) is 60.3 Å². The van der Waals surface area contributed by atoms with Gasteiger partial charge in [-0.15, -0.1) is 0 Å². The number of aliphatic hydroxyl groups excluding tert-OH is 1. The van der Waals surface area contributed by atoms with E-state index in [0.29, 0.717) is 0 Å². The number of aliphatic hydroxyl groups is 1. The van der Waals surface area contributed by atoms with E-state index in [2.05, 4.69) is 0 Å². The van der Waals surface area contributed by atoms with Gasteiger partial charge in [0.1, 0.15) is 0 Å². The van der Waals surface area contributed by atoms with E-state index in [4.69, 9.17) is 25.9 Å². The van der Waals surface area contributed by atoms with Crippen LogP contribution < -0.4 is 9.47 Å². The molecule has 1 N–H and O–H groups in total. The largest absolute Gasteiger partial charge is 0.493 e. The van der Waals surface area contributed by atoms with E-state index < -0.39 is 63.0 Å². The van der Waals surface area contributed by atoms with Gasteiger partial charge in [-0.2, -0.15) is 0 Å². The fourth-order valence-corrected chi connectivity index (χ4v) is 3.19. The third kappa shape index (κ3) is 3.20. The summed E-state index contributed by atoms with van der Waals surface area (Å²) in [5.41, 5.74) is -0.362. The fraction of sp³-hybridized carbons (Fsp3) is 0.684. The van der Waals surface area contributed by atoms with Gasteiger partial charge in [0.05, 0.1) is 28.4 Å². The number of fused-ring (bicyclic) bond motifs is 3. The maximum Gasteiger partial charge on any atom is 0.161 e. The van der Waals surface area contributed by atoms with E-state index >= 15 is 0 Å². The van der Waals surface area contributed by atoms with E-state index in [-0.39, 0.29) is 29.9 Å². The van der Waals surface area contributed by atoms with Crippen molar-refractivity contribution in [1.82, 2.24) is 4.90 Å². The van der Waals surface area contributed by atoms with E-state index in [9.17, 15) is 5.11 Å². The summed E-state index contributed by atoms with van der Waals surface area (Å²) in [6.07, 6.45) is -4.01. The van der Waals surface area contributed by atoms with Crippen molar-refractivity contribution in [3.8, 4) is 11.5 Å². The lowest BCUT2D eigenvalue weighted by Gasteiger charge is -2.46. The number of ether oxygens (including phenoxy) is 2. The van der Waals surface area contributed by atoms with E-state index in [1.54, 1.807) is 0 Å². The highest BCUT2D eigenvalue weighted by atomic mass is 16.5. The molecule has 2 aliphatic rings. The average Bonchev–Trinajstić information content (AvgIpc) is 2.61. The quantitative estimate of drug-likeness (QED) is 0.921. The van der Waals surface area contributed by atoms with Crippen LogP contribution in [0.2, 0.25) is 0 Å². The van der Waals surface area contributed by atoms with Gasteiger partial charge in [-0.3, -0.25) is 4.90 Å². The van der Waals surface area contributed by atoms with Crippen LogP contribution in [0.3, 0.4) is 0 Å². The van der Waals surface area contributed by atoms with Gasteiger partial charge in [0.15, 0.2) is 11.5 Å². The Morgan fingerprint density at radius 3 is 2.78 bits per heavy atom. The van der Waals surface area contributed by atoms with E-state index in [1.165, 1.54) is 0 Å². The Kier molecular flexibility index (Phi) is 2.13. The first-order chi connectivity index (χ1) is 15.6. The summed E-state index contributed by atoms with van der Waals surface area (Å²) < 4.78 is 106. The number of hydrogen-bond acceptors (Lipinski definition) is 4. The predicted octanol–water partition coefficient (Wildman–Crippen LogP) is 3.03. The lowest BCUT2D eigenvalue weighted by molar-refractivity contribution is -0.0191. The van der Waals surface area contributed by atoms with Crippen LogP contribution in [0.25, 0.3) is 0 Å². The van der Waals surface area contributed by atoms with Gasteiger partial charge in [0.25, 0.3) is 0 Å². The number of piperidine rings is 1. The molecule has 0 aliphatic carbocycles. The molecule has 1 saturated heterocycles. The van der Waals surface area contributed by atoms with Crippen molar-refractivity contribution in [2.75, 3.05) is 27.1 Å². The highest BCUT2D eigenvalue weighted by Crippen LogP contribution is 2.43. The minimum atomic E-state index is -3.05. The first-order valence-corrected chi connectivity index (χ1v) is 7.63. The zero-order valence-electron chi connectivity index (χ0n) is 25.1. The summed E-state index contributed by atoms with van der Waals surface area (Å²) in [5.74, 6) is -2.20. The molecule has 1 fully saturated rings. The summed E-state index contributed by atoms with van der Waals surface area (Å²) in [6, 6.07) is 0.733. The van der Waals surface area contributed by atoms with Crippen LogP contribution in [0, 0.1) is 11.8 Å². The molecule has 3 rings (SSSR count). The van der Waals surface area contributed by atoms with Crippen molar-refractivity contribution in [3.63, 3.8) is 0 Å². The molecule has 0 bridgehead atoms. The zero-order chi connectivity index (χ0) is 26.9. The summed E-state index contributed by atoms with van der Waals surface area (Å²) in [6.45, 7) is -1.73. The van der Waals surface area contributed by atoms with Gasteiger partial charge in [-0.25, -0.2) is 0 Å². The second-order valence-corrected chi connectivity index (χ2v) is 6.38. The predicted molar refractivity (Wildman–Crippen MR) is 91.1 cm³/mol. The van der Waals surface area contributed by atoms with Crippen molar-refractivity contribution in [3.05, 3.63) is 23.3 Å². The molecule has 23 heavy (non-hydrogen) atoms. The summed E-state index contributed by atoms with van der Waals surface area (Å²) >= 11 is 0. The van der Waals surface area contributed by atoms with Crippen LogP contribution in [0.4, 0.5) is 0 Å². The maximum absolute atomic E-state index is 10.9. The molecule has 0 radical (unpaired) electrons. The number of rotatable bonds is 4. The number of benzene rings is 1. The zero-order valence-corrected chi connectivity index (χ0v) is 13.1. The molecule has 1 aromatic rings. The van der Waals surface area contributed by atoms with Crippen LogP contribution in [0.15, 0.2) is 12.1 Å². The van der Waals surface area contributed by atoms with Crippen LogP contribution in [-0.4, -0.2) is 43.2 Å². The second kappa shape index (κ2) is 6.70. The van der Waals surface area contributed by atoms with Gasteiger partial charge in [-0.05, 0) is 54.3 Å². The molecule has 0 unspecified atom stereocenters. The first kappa shape index (κ1) is 7.32. The highest BCUT2D eigenvalue weighted by molar-refractivity contribution is 5.49. The lowest BCUT2D eigenvalue weighted by Crippen LogP contribution is -2.48. The Morgan fingerprint density at radius 1 is 1.35 bits per heavy atom. The van der Waals surface area contributed by atoms with Crippen LogP contribution >= 0.6 is 0 Å². The minimum Gasteiger partial charge on any atom is -0.493 e. The summed E-state index contributed by atoms with van der Waals surface area (Å²) in [5, 5.41) is 10.9. The molecule has 4 heteroatoms. The molecule has 4 nitrogen and oxygen atoms in total. The molecule has 128 valence electrons. The molecule has 0 spiro atoms. The molecule has 2 heterocycles. The van der Waals surface area contributed by atoms with Gasteiger partial charge in [0, 0.05) is 27.3 Å². The Morgan fingerprint density at radius 2 is 2.09 bits per heavy atom. The van der Waals surface area contributed by atoms with Crippen molar-refractivity contribution in [2.24, 2.45) is 11.8 Å². The van der Waals surface area contributed by atoms with Gasteiger partial charge >= 0.3 is 0 Å². The number of methoxy groups -OCH3 is 2. The van der Waals surface area contributed by atoms with Crippen molar-refractivity contribution in [2.45, 2.75) is 45.2 Å². The lowest BCUT2D eigenvalue weighted by atomic mass is 9.79. The van der Waals surface area contributed by atoms with Gasteiger partial charge in [0.2, 0.25) is 0 Å². The Balaban J connectivity index is 2.27. The topological polar surface area (TPSA) is 41.9 Å². The monoisotopic (exact) mass is 331 g/mol. The van der Waals surface area contributed by atoms with E-state index in [0.717, 1.165) is 17.0 Å². The highest BCUT2D eigenvalue weighted by Gasteiger charge is 2.38. The smallest absolute Gasteiger partial charge is 0.161 e. The SMILES string of the molecule is [2H]C([2H])([2H])Oc1cc2c(cc1OC([2H])([2H])[2H])C([2H])([2H])C([2H])([2H])N1[C@H]2C[C@@H](O)[C@@H](CC(C)C)C1([2H])[2H]. The molecule has 2 aliphatic heterocycles. The second-order valence-electron chi connectivity index (χ2n) is 6.38. The number of nitrogens with zero attached hydrogens (tertiary/aromatic N) is 1. The standard InChI is InChI=1S/C19H29NO3/c1-12(2)7-14-11-20-6-5-13-8-18(22-3)19(23-4)9-15(13)16(20)10-17(14)21/h8-9,12,14,16-17,21H,5-7,10-11H2,1-4H3/t14-,16-,17+/m0/s1/i3D3,4D3,5D2,6D2,11D2. The Labute approximate surface area is 156 Å². The van der Waals surface area contributed by atoms with E-state index in [1.807, 2.05) is 13.8 Å². The van der Waals surface area contributed by atoms with Crippen molar-refractivity contribution in [1.29, 1.82) is 0 Å². The molecule has 3 atom stereocenters. The summed E-state index contributed by atoms with van der Waals surface area (Å²) in [4.78, 5) is 0.769. The molecule has 1 aromatic carbocycles. The molecule has 0 saturated carbocycles. The van der Waals surface area contributed by atoms with Crippen LogP contribution in [0.5, 0.6) is 11.5 Å². The Hall–Kier alpha value is -1.26. The Bertz CT molecular complexity index is 960. The third-order valence-electron chi connectivity index (χ3n) is 4.28. The number of hydrogen-bond donors (Lipinski definition) is 1. The summed E-state index contributed by atoms with van der Waals surface area (Å²) in [7, 11) is -6.07. The van der Waals surface area contributed by atoms with Crippen LogP contribution in [-0.2, 0) is 6.37 Å². The normalized spacial score (nSPS) is 42.9. The number of aryl methyl sites for hydroxylation is 1. The average molecular weight is 332 g/mol. The third-order valence-corrected chi connectivity index (χ3v) is 4.28. The first-order valence-electron chi connectivity index (χ1n) is 13.6. The van der Waals surface area contributed by atoms with Crippen molar-refractivity contribution >= 4 is 0 Å². The molecular formula is C19H29NO3. The van der Waals surface area contributed by atoms with Crippen molar-refractivity contribution < 1.29 is 31.0 Å². The minimum absolute atomic E-state index is 0.0202. The molecule has 0 amide bonds. The molecular weight excluding hydrogens is 290 g/mol. The maximum atomic E-state index is 10.9. The fourth-order valence-electron chi connectivity index (χ4n) is 3.19. The molecule has 0 aromatic heterocycles. The van der Waals surface area contributed by atoms with Gasteiger partial charge < -0.3 is 14.6 Å². The van der Waals surface area contributed by atoms with Gasteiger partial charge in [-0.1, -0.05) is 13.8 Å².